The third-order valence-electron chi connectivity index (χ3n) is 2.12. The van der Waals surface area contributed by atoms with E-state index < -0.39 is 0 Å². The van der Waals surface area contributed by atoms with Crippen LogP contribution in [0.1, 0.15) is 20.3 Å². The first-order chi connectivity index (χ1) is 5.52. The average molecular weight is 190 g/mol. The molecule has 0 saturated carbocycles. The number of hydrogen-bond donors (Lipinski definition) is 0. The fourth-order valence-electron chi connectivity index (χ4n) is 1.52. The summed E-state index contributed by atoms with van der Waals surface area (Å²) in [6.45, 7) is 3.46. The Hall–Kier alpha value is -0.570. The molecule has 1 fully saturated rings. The van der Waals surface area contributed by atoms with E-state index in [4.69, 9.17) is 11.6 Å². The number of halogens is 1. The van der Waals surface area contributed by atoms with Gasteiger partial charge in [0.1, 0.15) is 0 Å². The summed E-state index contributed by atoms with van der Waals surface area (Å²) in [6.07, 6.45) is 0.594. The van der Waals surface area contributed by atoms with Crippen molar-refractivity contribution in [3.63, 3.8) is 0 Å². The van der Waals surface area contributed by atoms with Crippen LogP contribution in [0.4, 0.5) is 0 Å². The number of ketones is 1. The summed E-state index contributed by atoms with van der Waals surface area (Å²) < 4.78 is 0. The number of carbonyl (C=O) groups is 2. The van der Waals surface area contributed by atoms with E-state index in [1.807, 2.05) is 0 Å². The highest BCUT2D eigenvalue weighted by Crippen LogP contribution is 2.22. The summed E-state index contributed by atoms with van der Waals surface area (Å²) in [5, 5.41) is -0.0669. The van der Waals surface area contributed by atoms with Crippen molar-refractivity contribution in [2.24, 2.45) is 0 Å². The summed E-state index contributed by atoms with van der Waals surface area (Å²) in [4.78, 5) is 23.6. The van der Waals surface area contributed by atoms with Crippen molar-refractivity contribution < 1.29 is 9.59 Å². The number of amides is 1. The van der Waals surface area contributed by atoms with Gasteiger partial charge in [-0.1, -0.05) is 0 Å². The van der Waals surface area contributed by atoms with Crippen molar-refractivity contribution in [2.45, 2.75) is 31.7 Å². The molecule has 0 aliphatic carbocycles. The lowest BCUT2D eigenvalue weighted by molar-refractivity contribution is -0.135. The van der Waals surface area contributed by atoms with Crippen molar-refractivity contribution in [3.05, 3.63) is 0 Å². The predicted octanol–water partition coefficient (Wildman–Crippen LogP) is 0.804. The topological polar surface area (TPSA) is 37.4 Å². The van der Waals surface area contributed by atoms with Gasteiger partial charge < -0.3 is 4.90 Å². The highest BCUT2D eigenvalue weighted by molar-refractivity contribution is 6.21. The second kappa shape index (κ2) is 3.44. The van der Waals surface area contributed by atoms with Gasteiger partial charge in [-0.25, -0.2) is 0 Å². The summed E-state index contributed by atoms with van der Waals surface area (Å²) in [7, 11) is 0. The fraction of sp³-hybridized carbons (Fsp3) is 0.750. The molecule has 1 aliphatic rings. The van der Waals surface area contributed by atoms with Gasteiger partial charge in [-0.05, 0) is 13.3 Å². The third kappa shape index (κ3) is 1.78. The lowest BCUT2D eigenvalue weighted by atomic mass is 10.1. The molecule has 1 amide bonds. The molecule has 1 unspecified atom stereocenters. The van der Waals surface area contributed by atoms with Gasteiger partial charge in [-0.15, -0.1) is 11.6 Å². The van der Waals surface area contributed by atoms with Crippen LogP contribution in [0, 0.1) is 0 Å². The Morgan fingerprint density at radius 1 is 1.42 bits per heavy atom. The fourth-order valence-corrected chi connectivity index (χ4v) is 1.84. The monoisotopic (exact) mass is 189 g/mol. The molecule has 0 aromatic rings. The second-order valence-corrected chi connectivity index (χ2v) is 3.75. The van der Waals surface area contributed by atoms with Crippen LogP contribution in [-0.2, 0) is 9.59 Å². The smallest absolute Gasteiger partial charge is 0.220 e. The van der Waals surface area contributed by atoms with E-state index in [9.17, 15) is 9.59 Å². The molecule has 12 heavy (non-hydrogen) atoms. The summed E-state index contributed by atoms with van der Waals surface area (Å²) in [5.41, 5.74) is 0. The zero-order chi connectivity index (χ0) is 9.30. The van der Waals surface area contributed by atoms with Gasteiger partial charge in [0.15, 0.2) is 5.78 Å². The Morgan fingerprint density at radius 2 is 2.00 bits per heavy atom. The minimum Gasteiger partial charge on any atom is -0.331 e. The summed E-state index contributed by atoms with van der Waals surface area (Å²) >= 11 is 5.84. The Balaban J connectivity index is 2.72. The Labute approximate surface area is 76.7 Å². The Kier molecular flexibility index (Phi) is 2.73. The van der Waals surface area contributed by atoms with Gasteiger partial charge in [0.05, 0.1) is 11.4 Å². The number of likely N-dealkylation sites (tertiary alicyclic amines) is 1. The quantitative estimate of drug-likeness (QED) is 0.573. The first-order valence-electron chi connectivity index (χ1n) is 3.94. The molecule has 2 atom stereocenters. The maximum absolute atomic E-state index is 11.1. The third-order valence-corrected chi connectivity index (χ3v) is 2.44. The van der Waals surface area contributed by atoms with Crippen molar-refractivity contribution in [1.82, 2.24) is 4.90 Å². The minimum absolute atomic E-state index is 0.0216. The zero-order valence-corrected chi connectivity index (χ0v) is 7.97. The first-order valence-corrected chi connectivity index (χ1v) is 4.37. The lowest BCUT2D eigenvalue weighted by Crippen LogP contribution is -2.38. The van der Waals surface area contributed by atoms with Crippen LogP contribution in [0.3, 0.4) is 0 Å². The van der Waals surface area contributed by atoms with E-state index in [1.54, 1.807) is 4.90 Å². The molecular weight excluding hydrogens is 178 g/mol. The largest absolute Gasteiger partial charge is 0.331 e. The highest BCUT2D eigenvalue weighted by Gasteiger charge is 2.35. The Morgan fingerprint density at radius 3 is 2.33 bits per heavy atom. The molecule has 0 aromatic carbocycles. The second-order valence-electron chi connectivity index (χ2n) is 3.13. The first kappa shape index (κ1) is 9.52. The van der Waals surface area contributed by atoms with Crippen molar-refractivity contribution >= 4 is 23.3 Å². The van der Waals surface area contributed by atoms with Crippen molar-refractivity contribution in [2.75, 3.05) is 6.54 Å². The number of hydrogen-bond acceptors (Lipinski definition) is 2. The number of nitrogens with zero attached hydrogens (tertiary/aromatic N) is 1. The van der Waals surface area contributed by atoms with E-state index >= 15 is 0 Å². The van der Waals surface area contributed by atoms with Crippen LogP contribution < -0.4 is 0 Å². The molecule has 0 N–H and O–H groups in total. The van der Waals surface area contributed by atoms with E-state index in [1.165, 1.54) is 13.8 Å². The van der Waals surface area contributed by atoms with E-state index in [0.717, 1.165) is 0 Å². The van der Waals surface area contributed by atoms with Crippen LogP contribution in [0.5, 0.6) is 0 Å². The standard InChI is InChI=1S/C8H12ClNO2/c1-5(11)8-3-7(9)4-10(8)6(2)12/h7-8H,3-4H2,1-2H3/t7?,8-/m0/s1. The minimum atomic E-state index is -0.287. The van der Waals surface area contributed by atoms with Gasteiger partial charge in [-0.2, -0.15) is 0 Å². The van der Waals surface area contributed by atoms with E-state index in [-0.39, 0.29) is 23.1 Å². The van der Waals surface area contributed by atoms with Gasteiger partial charge in [0.2, 0.25) is 5.91 Å². The molecule has 1 saturated heterocycles. The average Bonchev–Trinajstić information content (AvgIpc) is 2.31. The normalized spacial score (nSPS) is 29.1. The molecule has 4 heteroatoms. The summed E-state index contributed by atoms with van der Waals surface area (Å²) in [6, 6.07) is -0.287. The van der Waals surface area contributed by atoms with Crippen LogP contribution in [-0.4, -0.2) is 34.6 Å². The molecule has 3 nitrogen and oxygen atoms in total. The van der Waals surface area contributed by atoms with Crippen LogP contribution in [0.2, 0.25) is 0 Å². The van der Waals surface area contributed by atoms with Gasteiger partial charge in [0, 0.05) is 13.5 Å². The molecule has 1 heterocycles. The van der Waals surface area contributed by atoms with Crippen LogP contribution >= 0.6 is 11.6 Å². The molecule has 0 spiro atoms. The van der Waals surface area contributed by atoms with Gasteiger partial charge >= 0.3 is 0 Å². The maximum Gasteiger partial charge on any atom is 0.220 e. The number of carbonyl (C=O) groups excluding carboxylic acids is 2. The number of rotatable bonds is 1. The Bertz CT molecular complexity index is 195. The molecular formula is C8H12ClNO2. The zero-order valence-electron chi connectivity index (χ0n) is 7.21. The predicted molar refractivity (Wildman–Crippen MR) is 46.1 cm³/mol. The highest BCUT2D eigenvalue weighted by atomic mass is 35.5. The molecule has 0 bridgehead atoms. The summed E-state index contributed by atoms with van der Waals surface area (Å²) in [5.74, 6) is -0.0494. The van der Waals surface area contributed by atoms with Crippen molar-refractivity contribution in [3.8, 4) is 0 Å². The van der Waals surface area contributed by atoms with Gasteiger partial charge in [0.25, 0.3) is 0 Å². The SMILES string of the molecule is CC(=O)[C@@H]1CC(Cl)CN1C(C)=O. The molecule has 1 aliphatic heterocycles. The lowest BCUT2D eigenvalue weighted by Gasteiger charge is -2.19. The maximum atomic E-state index is 11.1. The van der Waals surface area contributed by atoms with Crippen LogP contribution in [0.25, 0.3) is 0 Å². The van der Waals surface area contributed by atoms with Gasteiger partial charge in [-0.3, -0.25) is 9.59 Å². The van der Waals surface area contributed by atoms with Crippen LogP contribution in [0.15, 0.2) is 0 Å². The van der Waals surface area contributed by atoms with Crippen molar-refractivity contribution in [1.29, 1.82) is 0 Å². The molecule has 0 radical (unpaired) electrons. The van der Waals surface area contributed by atoms with E-state index in [2.05, 4.69) is 0 Å². The molecule has 0 aromatic heterocycles. The number of Topliss-reactive ketones (excluding diaryl/α,β-unsaturated/α-hetero) is 1. The molecule has 1 rings (SSSR count). The molecule has 68 valence electrons. The number of alkyl halides is 1. The van der Waals surface area contributed by atoms with E-state index in [0.29, 0.717) is 13.0 Å².